The SMILES string of the molecule is Brc1[c]cc2cc(Br)[c]cc2c1. The van der Waals surface area contributed by atoms with Crippen LogP contribution in [0.15, 0.2) is 33.2 Å². The average molecular weight is 284 g/mol. The first-order valence-electron chi connectivity index (χ1n) is 3.44. The minimum absolute atomic E-state index is 0.978. The number of halogens is 2. The lowest BCUT2D eigenvalue weighted by Crippen LogP contribution is -1.73. The van der Waals surface area contributed by atoms with Gasteiger partial charge >= 0.3 is 0 Å². The van der Waals surface area contributed by atoms with Gasteiger partial charge in [-0.1, -0.05) is 31.9 Å². The van der Waals surface area contributed by atoms with E-state index in [2.05, 4.69) is 44.0 Å². The number of hydrogen-bond donors (Lipinski definition) is 0. The van der Waals surface area contributed by atoms with Crippen LogP contribution in [0.4, 0.5) is 0 Å². The second kappa shape index (κ2) is 3.19. The van der Waals surface area contributed by atoms with E-state index in [9.17, 15) is 0 Å². The monoisotopic (exact) mass is 282 g/mol. The van der Waals surface area contributed by atoms with Gasteiger partial charge in [-0.05, 0) is 47.2 Å². The van der Waals surface area contributed by atoms with E-state index in [4.69, 9.17) is 0 Å². The molecular weight excluding hydrogens is 280 g/mol. The van der Waals surface area contributed by atoms with Crippen LogP contribution in [0.1, 0.15) is 0 Å². The molecule has 0 bridgehead atoms. The molecule has 0 saturated heterocycles. The number of benzene rings is 2. The molecule has 2 heteroatoms. The van der Waals surface area contributed by atoms with Crippen LogP contribution in [0.5, 0.6) is 0 Å². The van der Waals surface area contributed by atoms with Crippen molar-refractivity contribution in [1.29, 1.82) is 0 Å². The van der Waals surface area contributed by atoms with E-state index >= 15 is 0 Å². The molecule has 0 aliphatic rings. The Morgan fingerprint density at radius 2 is 1.25 bits per heavy atom. The Kier molecular flexibility index (Phi) is 2.20. The van der Waals surface area contributed by atoms with Gasteiger partial charge in [-0.15, -0.1) is 0 Å². The summed E-state index contributed by atoms with van der Waals surface area (Å²) in [6, 6.07) is 14.1. The van der Waals surface area contributed by atoms with Gasteiger partial charge in [0, 0.05) is 8.95 Å². The molecular formula is C10H4Br2. The molecule has 0 atom stereocenters. The maximum absolute atomic E-state index is 3.37. The summed E-state index contributed by atoms with van der Waals surface area (Å²) >= 11 is 6.74. The molecule has 0 aliphatic heterocycles. The van der Waals surface area contributed by atoms with E-state index in [-0.39, 0.29) is 0 Å². The summed E-state index contributed by atoms with van der Waals surface area (Å²) in [5.74, 6) is 0. The quantitative estimate of drug-likeness (QED) is 0.686. The highest BCUT2D eigenvalue weighted by molar-refractivity contribution is 9.10. The Hall–Kier alpha value is -0.340. The Balaban J connectivity index is 2.79. The molecule has 12 heavy (non-hydrogen) atoms. The van der Waals surface area contributed by atoms with Crippen LogP contribution in [0, 0.1) is 12.1 Å². The van der Waals surface area contributed by atoms with Gasteiger partial charge in [-0.2, -0.15) is 0 Å². The van der Waals surface area contributed by atoms with Crippen molar-refractivity contribution in [2.45, 2.75) is 0 Å². The molecule has 2 aromatic carbocycles. The van der Waals surface area contributed by atoms with Crippen LogP contribution in [0.3, 0.4) is 0 Å². The zero-order valence-electron chi connectivity index (χ0n) is 6.07. The van der Waals surface area contributed by atoms with Crippen molar-refractivity contribution < 1.29 is 0 Å². The van der Waals surface area contributed by atoms with Crippen molar-refractivity contribution in [2.24, 2.45) is 0 Å². The molecule has 0 spiro atoms. The highest BCUT2D eigenvalue weighted by Crippen LogP contribution is 2.22. The number of fused-ring (bicyclic) bond motifs is 1. The summed E-state index contributed by atoms with van der Waals surface area (Å²) in [4.78, 5) is 0. The third-order valence-corrected chi connectivity index (χ3v) is 2.54. The largest absolute Gasteiger partial charge is 0.0501 e. The lowest BCUT2D eigenvalue weighted by atomic mass is 10.1. The minimum Gasteiger partial charge on any atom is -0.0501 e. The third kappa shape index (κ3) is 1.54. The van der Waals surface area contributed by atoms with Crippen LogP contribution in [-0.4, -0.2) is 0 Å². The van der Waals surface area contributed by atoms with Gasteiger partial charge < -0.3 is 0 Å². The first-order chi connectivity index (χ1) is 5.75. The molecule has 0 nitrogen and oxygen atoms in total. The van der Waals surface area contributed by atoms with Gasteiger partial charge in [0.15, 0.2) is 0 Å². The fourth-order valence-electron chi connectivity index (χ4n) is 1.07. The van der Waals surface area contributed by atoms with Crippen molar-refractivity contribution in [3.8, 4) is 0 Å². The van der Waals surface area contributed by atoms with Crippen molar-refractivity contribution in [3.63, 3.8) is 0 Å². The zero-order chi connectivity index (χ0) is 8.55. The average Bonchev–Trinajstić information content (AvgIpc) is 2.05. The summed E-state index contributed by atoms with van der Waals surface area (Å²) in [7, 11) is 0. The highest BCUT2D eigenvalue weighted by Gasteiger charge is 1.95. The fourth-order valence-corrected chi connectivity index (χ4v) is 1.79. The highest BCUT2D eigenvalue weighted by atomic mass is 79.9. The van der Waals surface area contributed by atoms with E-state index in [1.165, 1.54) is 10.8 Å². The molecule has 0 saturated carbocycles. The van der Waals surface area contributed by atoms with Crippen molar-refractivity contribution >= 4 is 42.6 Å². The Labute approximate surface area is 87.8 Å². The predicted molar refractivity (Wildman–Crippen MR) is 57.0 cm³/mol. The molecule has 2 aromatic rings. The van der Waals surface area contributed by atoms with Crippen LogP contribution in [-0.2, 0) is 0 Å². The van der Waals surface area contributed by atoms with Crippen LogP contribution in [0.25, 0.3) is 10.8 Å². The van der Waals surface area contributed by atoms with E-state index in [0.29, 0.717) is 0 Å². The molecule has 0 N–H and O–H groups in total. The lowest BCUT2D eigenvalue weighted by Gasteiger charge is -1.97. The second-order valence-electron chi connectivity index (χ2n) is 2.47. The van der Waals surface area contributed by atoms with Crippen molar-refractivity contribution in [2.75, 3.05) is 0 Å². The smallest absolute Gasteiger partial charge is 0.0260 e. The Bertz CT molecular complexity index is 380. The first kappa shape index (κ1) is 8.27. The minimum atomic E-state index is 0.978. The second-order valence-corrected chi connectivity index (χ2v) is 4.18. The molecule has 0 unspecified atom stereocenters. The maximum atomic E-state index is 3.37. The standard InChI is InChI=1S/C10H4Br2/c11-9-3-1-7-5-10(12)4-2-8(7)6-9/h1-2,5-6H. The Morgan fingerprint density at radius 3 is 1.67 bits per heavy atom. The predicted octanol–water partition coefficient (Wildman–Crippen LogP) is 3.97. The molecule has 0 heterocycles. The van der Waals surface area contributed by atoms with E-state index in [0.717, 1.165) is 8.95 Å². The molecule has 2 radical (unpaired) electrons. The zero-order valence-corrected chi connectivity index (χ0v) is 9.24. The molecule has 58 valence electrons. The van der Waals surface area contributed by atoms with Crippen LogP contribution < -0.4 is 0 Å². The van der Waals surface area contributed by atoms with Gasteiger partial charge in [-0.25, -0.2) is 0 Å². The van der Waals surface area contributed by atoms with Crippen LogP contribution >= 0.6 is 31.9 Å². The normalized spacial score (nSPS) is 10.5. The van der Waals surface area contributed by atoms with Crippen LogP contribution in [0.2, 0.25) is 0 Å². The molecule has 2 rings (SSSR count). The van der Waals surface area contributed by atoms with Crippen molar-refractivity contribution in [1.82, 2.24) is 0 Å². The first-order valence-corrected chi connectivity index (χ1v) is 5.02. The number of rotatable bonds is 0. The molecule has 0 fully saturated rings. The summed E-state index contributed by atoms with van der Waals surface area (Å²) in [6.07, 6.45) is 0. The van der Waals surface area contributed by atoms with Crippen molar-refractivity contribution in [3.05, 3.63) is 45.3 Å². The number of hydrogen-bond acceptors (Lipinski definition) is 0. The Morgan fingerprint density at radius 1 is 0.833 bits per heavy atom. The fraction of sp³-hybridized carbons (Fsp3) is 0. The van der Waals surface area contributed by atoms with E-state index < -0.39 is 0 Å². The van der Waals surface area contributed by atoms with Gasteiger partial charge in [0.1, 0.15) is 0 Å². The van der Waals surface area contributed by atoms with Gasteiger partial charge in [0.2, 0.25) is 0 Å². The molecule has 0 amide bonds. The summed E-state index contributed by atoms with van der Waals surface area (Å²) < 4.78 is 1.96. The van der Waals surface area contributed by atoms with E-state index in [1.54, 1.807) is 0 Å². The third-order valence-electron chi connectivity index (χ3n) is 1.63. The topological polar surface area (TPSA) is 0 Å². The van der Waals surface area contributed by atoms with E-state index in [1.807, 2.05) is 24.3 Å². The molecule has 0 aromatic heterocycles. The lowest BCUT2D eigenvalue weighted by molar-refractivity contribution is 1.65. The van der Waals surface area contributed by atoms with Gasteiger partial charge in [-0.3, -0.25) is 0 Å². The van der Waals surface area contributed by atoms with Gasteiger partial charge in [0.25, 0.3) is 0 Å². The summed E-state index contributed by atoms with van der Waals surface area (Å²) in [5.41, 5.74) is 0. The maximum Gasteiger partial charge on any atom is 0.0260 e. The molecule has 0 aliphatic carbocycles. The van der Waals surface area contributed by atoms with Gasteiger partial charge in [0.05, 0.1) is 0 Å². The summed E-state index contributed by atoms with van der Waals surface area (Å²) in [5, 5.41) is 2.34. The summed E-state index contributed by atoms with van der Waals surface area (Å²) in [6.45, 7) is 0.